The Kier molecular flexibility index (Phi) is 6.21. The van der Waals surface area contributed by atoms with Gasteiger partial charge in [-0.2, -0.15) is 4.57 Å². The van der Waals surface area contributed by atoms with Gasteiger partial charge >= 0.3 is 62.1 Å². The predicted octanol–water partition coefficient (Wildman–Crippen LogP) is 7.89. The van der Waals surface area contributed by atoms with Gasteiger partial charge in [0.15, 0.2) is 18.4 Å². The number of hydrogen-bond donors (Lipinski definition) is 0. The summed E-state index contributed by atoms with van der Waals surface area (Å²) >= 11 is 1.94. The van der Waals surface area contributed by atoms with Gasteiger partial charge < -0.3 is 0 Å². The number of halogens is 6. The molecule has 4 rings (SSSR count). The second-order valence-electron chi connectivity index (χ2n) is 6.17. The fraction of sp³-hybridized carbons (Fsp3) is 0.167. The zero-order chi connectivity index (χ0) is 19.9. The number of pyridine rings is 1. The van der Waals surface area contributed by atoms with Crippen molar-refractivity contribution in [3.8, 4) is 0 Å². The van der Waals surface area contributed by atoms with Crippen LogP contribution in [0.2, 0.25) is 0 Å². The molecule has 0 spiro atoms. The van der Waals surface area contributed by atoms with Crippen molar-refractivity contribution >= 4 is 84.6 Å². The van der Waals surface area contributed by atoms with E-state index in [1.807, 2.05) is 11.8 Å². The van der Waals surface area contributed by atoms with Crippen LogP contribution in [0.3, 0.4) is 0 Å². The molecule has 0 fully saturated rings. The number of hydrogen-bond acceptors (Lipinski definition) is 1. The summed E-state index contributed by atoms with van der Waals surface area (Å²) in [6.45, 7) is 0. The number of rotatable bonds is 2. The van der Waals surface area contributed by atoms with Crippen LogP contribution in [-0.4, -0.2) is 15.4 Å². The number of aromatic nitrogens is 1. The summed E-state index contributed by atoms with van der Waals surface area (Å²) in [5, 5.41) is 3.30. The first-order valence-electron chi connectivity index (χ1n) is 7.91. The third-order valence-corrected chi connectivity index (χ3v) is 5.21. The van der Waals surface area contributed by atoms with E-state index in [1.54, 1.807) is 0 Å². The Morgan fingerprint density at radius 3 is 1.81 bits per heavy atom. The fourth-order valence-corrected chi connectivity index (χ4v) is 4.38. The molecular formula is C18H16Cl6NSSb. The van der Waals surface area contributed by atoms with Crippen LogP contribution in [0.15, 0.2) is 67.0 Å². The van der Waals surface area contributed by atoms with E-state index < -0.39 is 9.14 Å². The molecule has 0 saturated carbocycles. The van der Waals surface area contributed by atoms with Crippen LogP contribution in [0.5, 0.6) is 0 Å². The Hall–Kier alpha value is 0.758. The Morgan fingerprint density at radius 2 is 1.30 bits per heavy atom. The van der Waals surface area contributed by atoms with Crippen molar-refractivity contribution in [1.29, 1.82) is 0 Å². The first-order valence-corrected chi connectivity index (χ1v) is 28.6. The monoisotopic (exact) mass is 609 g/mol. The molecule has 2 aromatic carbocycles. The van der Waals surface area contributed by atoms with Crippen molar-refractivity contribution in [1.82, 2.24) is 0 Å². The summed E-state index contributed by atoms with van der Waals surface area (Å²) in [4.78, 5) is 0. The number of nitrogens with zero attached hydrogens (tertiary/aromatic N) is 1. The van der Waals surface area contributed by atoms with Crippen LogP contribution in [0.4, 0.5) is 0 Å². The summed E-state index contributed by atoms with van der Waals surface area (Å²) < 4.78 is 2.34. The molecule has 1 aromatic heterocycles. The van der Waals surface area contributed by atoms with Crippen LogP contribution in [0.1, 0.15) is 22.4 Å². The third-order valence-electron chi connectivity index (χ3n) is 4.19. The van der Waals surface area contributed by atoms with Gasteiger partial charge in [0.25, 0.3) is 0 Å². The molecule has 0 aliphatic heterocycles. The molecule has 0 unspecified atom stereocenters. The zero-order valence-electron chi connectivity index (χ0n) is 14.1. The van der Waals surface area contributed by atoms with Crippen molar-refractivity contribution in [3.63, 3.8) is 0 Å². The third kappa shape index (κ3) is 6.37. The van der Waals surface area contributed by atoms with Gasteiger partial charge in [0.2, 0.25) is 0 Å². The van der Waals surface area contributed by atoms with Crippen molar-refractivity contribution in [3.05, 3.63) is 78.1 Å². The van der Waals surface area contributed by atoms with E-state index in [4.69, 9.17) is 53.0 Å². The summed E-state index contributed by atoms with van der Waals surface area (Å²) in [5.74, 6) is 0. The van der Waals surface area contributed by atoms with Crippen LogP contribution < -0.4 is 4.57 Å². The van der Waals surface area contributed by atoms with Gasteiger partial charge in [-0.1, -0.05) is 42.5 Å². The maximum absolute atomic E-state index is 5.42. The van der Waals surface area contributed by atoms with E-state index in [-0.39, 0.29) is 0 Å². The maximum atomic E-state index is 5.06. The minimum absolute atomic E-state index is 0.396. The predicted molar refractivity (Wildman–Crippen MR) is 126 cm³/mol. The van der Waals surface area contributed by atoms with E-state index in [0.717, 1.165) is 0 Å². The summed E-state index contributed by atoms with van der Waals surface area (Å²) in [5.41, 5.74) is 2.93. The van der Waals surface area contributed by atoms with E-state index in [1.165, 1.54) is 21.9 Å². The Bertz CT molecular complexity index is 959. The van der Waals surface area contributed by atoms with Gasteiger partial charge in [-0.3, -0.25) is 0 Å². The average Bonchev–Trinajstić information content (AvgIpc) is 2.89. The fourth-order valence-electron chi connectivity index (χ4n) is 3.39. The molecule has 146 valence electrons. The Morgan fingerprint density at radius 1 is 0.778 bits per heavy atom. The van der Waals surface area contributed by atoms with Crippen molar-refractivity contribution in [2.45, 2.75) is 11.3 Å². The molecule has 1 aliphatic rings. The van der Waals surface area contributed by atoms with Crippen LogP contribution in [0, 0.1) is 0 Å². The summed E-state index contributed by atoms with van der Waals surface area (Å²) in [7, 11) is 25.0. The molecule has 0 saturated heterocycles. The van der Waals surface area contributed by atoms with E-state index in [0.29, 0.717) is 11.3 Å². The molecule has 3 aromatic rings. The second kappa shape index (κ2) is 7.47. The molecule has 1 aliphatic carbocycles. The quantitative estimate of drug-likeness (QED) is 0.210. The summed E-state index contributed by atoms with van der Waals surface area (Å²) in [6, 6.07) is 20.1. The van der Waals surface area contributed by atoms with Crippen LogP contribution in [0.25, 0.3) is 10.8 Å². The molecule has 2 atom stereocenters. The van der Waals surface area contributed by atoms with Crippen molar-refractivity contribution < 1.29 is 4.57 Å². The van der Waals surface area contributed by atoms with Gasteiger partial charge in [0, 0.05) is 17.7 Å². The van der Waals surface area contributed by atoms with Gasteiger partial charge in [-0.15, -0.1) is 11.8 Å². The van der Waals surface area contributed by atoms with E-state index in [2.05, 4.69) is 77.8 Å². The normalized spacial score (nSPS) is 21.1. The first-order chi connectivity index (χ1) is 12.3. The topological polar surface area (TPSA) is 3.88 Å². The van der Waals surface area contributed by atoms with Gasteiger partial charge in [-0.05, 0) is 22.6 Å². The molecule has 0 radical (unpaired) electrons. The van der Waals surface area contributed by atoms with Crippen molar-refractivity contribution in [2.24, 2.45) is 0 Å². The van der Waals surface area contributed by atoms with Gasteiger partial charge in [-0.25, -0.2) is 0 Å². The SMILES string of the molecule is CS[C@@H]1c2cccc3cccc(c23)[C@H]1[n+]1ccccc1.[Cl][Sb-]([Cl])([Cl])([Cl])([Cl])[Cl]. The van der Waals surface area contributed by atoms with Crippen LogP contribution >= 0.6 is 64.7 Å². The van der Waals surface area contributed by atoms with Gasteiger partial charge in [0.05, 0.1) is 5.25 Å². The minimum atomic E-state index is -5.42. The first kappa shape index (κ1) is 22.4. The molecule has 27 heavy (non-hydrogen) atoms. The zero-order valence-corrected chi connectivity index (χ0v) is 22.0. The van der Waals surface area contributed by atoms with Crippen LogP contribution in [-0.2, 0) is 0 Å². The van der Waals surface area contributed by atoms with Gasteiger partial charge in [0.1, 0.15) is 0 Å². The molecule has 0 bridgehead atoms. The molecule has 1 nitrogen and oxygen atoms in total. The average molecular weight is 613 g/mol. The molecule has 9 heteroatoms. The number of benzene rings is 2. The standard InChI is InChI=1S/C18H16NS.6ClH.Sb/c1-20-18-15-10-6-8-13-7-5-9-14(16(13)15)17(18)19-11-3-2-4-12-19;;;;;;;/h2-12,17-18H,1H3;6*1H;/q+1;;;;;;;+5/p-6/t17-,18-;;;;;;;/m1......./s1. The Balaban J connectivity index is 0.000000260. The van der Waals surface area contributed by atoms with E-state index in [9.17, 15) is 0 Å². The molecular weight excluding hydrogens is 597 g/mol. The second-order valence-corrected chi connectivity index (χ2v) is 64.1. The summed E-state index contributed by atoms with van der Waals surface area (Å²) in [6.07, 6.45) is 6.57. The van der Waals surface area contributed by atoms with E-state index >= 15 is 0 Å². The Labute approximate surface area is 183 Å². The molecule has 0 amide bonds. The van der Waals surface area contributed by atoms with Crippen molar-refractivity contribution in [2.75, 3.05) is 6.26 Å². The molecule has 0 N–H and O–H groups in total. The number of thioether (sulfide) groups is 1. The molecule has 1 heterocycles.